The molecule has 0 bridgehead atoms. The van der Waals surface area contributed by atoms with Crippen LogP contribution >= 0.6 is 0 Å². The summed E-state index contributed by atoms with van der Waals surface area (Å²) in [5.41, 5.74) is 6.13. The molecule has 19 heavy (non-hydrogen) atoms. The summed E-state index contributed by atoms with van der Waals surface area (Å²) in [5.74, 6) is 0. The number of carbonyl (C=O) groups excluding carboxylic acids is 1. The van der Waals surface area contributed by atoms with Crippen molar-refractivity contribution in [3.63, 3.8) is 0 Å². The third-order valence-corrected chi connectivity index (χ3v) is 3.08. The van der Waals surface area contributed by atoms with Crippen molar-refractivity contribution in [2.75, 3.05) is 13.1 Å². The molecule has 6 heteroatoms. The Morgan fingerprint density at radius 1 is 1.58 bits per heavy atom. The van der Waals surface area contributed by atoms with Gasteiger partial charge in [-0.15, -0.1) is 0 Å². The summed E-state index contributed by atoms with van der Waals surface area (Å²) in [4.78, 5) is 13.7. The van der Waals surface area contributed by atoms with Gasteiger partial charge in [0.25, 0.3) is 0 Å². The summed E-state index contributed by atoms with van der Waals surface area (Å²) in [6.07, 6.45) is 4.37. The Kier molecular flexibility index (Phi) is 3.80. The van der Waals surface area contributed by atoms with E-state index in [1.165, 1.54) is 0 Å². The Morgan fingerprint density at radius 2 is 2.32 bits per heavy atom. The Morgan fingerprint density at radius 3 is 2.89 bits per heavy atom. The van der Waals surface area contributed by atoms with E-state index in [-0.39, 0.29) is 12.1 Å². The van der Waals surface area contributed by atoms with Gasteiger partial charge in [0.05, 0.1) is 12.2 Å². The van der Waals surface area contributed by atoms with Crippen molar-refractivity contribution in [3.8, 4) is 0 Å². The summed E-state index contributed by atoms with van der Waals surface area (Å²) < 4.78 is 7.26. The fraction of sp³-hybridized carbons (Fsp3) is 0.692. The van der Waals surface area contributed by atoms with Gasteiger partial charge in [-0.3, -0.25) is 4.68 Å². The van der Waals surface area contributed by atoms with Crippen molar-refractivity contribution in [2.24, 2.45) is 5.73 Å². The minimum Gasteiger partial charge on any atom is -0.444 e. The molecule has 106 valence electrons. The number of likely N-dealkylation sites (tertiary alicyclic amines) is 1. The fourth-order valence-corrected chi connectivity index (χ4v) is 2.13. The summed E-state index contributed by atoms with van der Waals surface area (Å²) in [6.45, 7) is 7.46. The topological polar surface area (TPSA) is 73.4 Å². The maximum Gasteiger partial charge on any atom is 0.410 e. The molecule has 2 heterocycles. The lowest BCUT2D eigenvalue weighted by Gasteiger charge is -2.24. The molecule has 0 aromatic carbocycles. The first-order valence-corrected chi connectivity index (χ1v) is 6.60. The molecule has 0 radical (unpaired) electrons. The van der Waals surface area contributed by atoms with Gasteiger partial charge in [-0.1, -0.05) is 0 Å². The molecule has 1 fully saturated rings. The molecule has 1 aliphatic rings. The highest BCUT2D eigenvalue weighted by Gasteiger charge is 2.30. The van der Waals surface area contributed by atoms with Gasteiger partial charge in [-0.25, -0.2) is 4.79 Å². The molecule has 2 N–H and O–H groups in total. The molecule has 1 unspecified atom stereocenters. The highest BCUT2D eigenvalue weighted by atomic mass is 16.6. The largest absolute Gasteiger partial charge is 0.444 e. The van der Waals surface area contributed by atoms with Crippen molar-refractivity contribution < 1.29 is 9.53 Å². The zero-order valence-corrected chi connectivity index (χ0v) is 11.8. The van der Waals surface area contributed by atoms with E-state index in [9.17, 15) is 4.79 Å². The van der Waals surface area contributed by atoms with Gasteiger partial charge in [0.1, 0.15) is 5.60 Å². The minimum atomic E-state index is -0.451. The van der Waals surface area contributed by atoms with Gasteiger partial charge in [0, 0.05) is 31.4 Å². The van der Waals surface area contributed by atoms with Crippen molar-refractivity contribution in [3.05, 3.63) is 18.0 Å². The Labute approximate surface area is 113 Å². The number of rotatable bonds is 2. The lowest BCUT2D eigenvalue weighted by Crippen LogP contribution is -2.35. The molecule has 6 nitrogen and oxygen atoms in total. The molecule has 1 amide bonds. The highest BCUT2D eigenvalue weighted by molar-refractivity contribution is 5.68. The van der Waals surface area contributed by atoms with Crippen LogP contribution in [0.4, 0.5) is 4.79 Å². The van der Waals surface area contributed by atoms with Gasteiger partial charge < -0.3 is 15.4 Å². The lowest BCUT2D eigenvalue weighted by molar-refractivity contribution is 0.0288. The number of hydrogen-bond donors (Lipinski definition) is 1. The van der Waals surface area contributed by atoms with Crippen LogP contribution in [0.1, 0.15) is 38.8 Å². The van der Waals surface area contributed by atoms with E-state index in [0.29, 0.717) is 19.6 Å². The SMILES string of the molecule is CC(C)(C)OC(=O)N1CCC(n2cc(CN)cn2)C1. The molecule has 0 aliphatic carbocycles. The van der Waals surface area contributed by atoms with Gasteiger partial charge in [-0.2, -0.15) is 5.10 Å². The van der Waals surface area contributed by atoms with E-state index in [4.69, 9.17) is 10.5 Å². The van der Waals surface area contributed by atoms with Crippen LogP contribution in [0.15, 0.2) is 12.4 Å². The number of ether oxygens (including phenoxy) is 1. The van der Waals surface area contributed by atoms with Crippen molar-refractivity contribution in [1.82, 2.24) is 14.7 Å². The van der Waals surface area contributed by atoms with Gasteiger partial charge in [-0.05, 0) is 27.2 Å². The minimum absolute atomic E-state index is 0.216. The second-order valence-electron chi connectivity index (χ2n) is 5.90. The van der Waals surface area contributed by atoms with E-state index < -0.39 is 5.60 Å². The third kappa shape index (κ3) is 3.47. The van der Waals surface area contributed by atoms with E-state index in [1.54, 1.807) is 11.1 Å². The molecule has 1 aromatic heterocycles. The summed E-state index contributed by atoms with van der Waals surface area (Å²) in [5, 5.41) is 4.30. The van der Waals surface area contributed by atoms with Crippen LogP contribution in [0.5, 0.6) is 0 Å². The molecule has 0 saturated carbocycles. The summed E-state index contributed by atoms with van der Waals surface area (Å²) in [7, 11) is 0. The molecule has 0 spiro atoms. The Balaban J connectivity index is 1.94. The van der Waals surface area contributed by atoms with Gasteiger partial charge in [0.15, 0.2) is 0 Å². The average Bonchev–Trinajstić information content (AvgIpc) is 2.95. The van der Waals surface area contributed by atoms with Crippen LogP contribution in [0.25, 0.3) is 0 Å². The number of hydrogen-bond acceptors (Lipinski definition) is 4. The van der Waals surface area contributed by atoms with Crippen LogP contribution in [0.2, 0.25) is 0 Å². The van der Waals surface area contributed by atoms with E-state index >= 15 is 0 Å². The van der Waals surface area contributed by atoms with Crippen LogP contribution in [-0.4, -0.2) is 39.5 Å². The molecule has 1 aliphatic heterocycles. The zero-order valence-electron chi connectivity index (χ0n) is 11.8. The van der Waals surface area contributed by atoms with Crippen LogP contribution in [0.3, 0.4) is 0 Å². The van der Waals surface area contributed by atoms with Crippen LogP contribution < -0.4 is 5.73 Å². The lowest BCUT2D eigenvalue weighted by atomic mass is 10.2. The smallest absolute Gasteiger partial charge is 0.410 e. The second-order valence-corrected chi connectivity index (χ2v) is 5.90. The zero-order chi connectivity index (χ0) is 14.0. The summed E-state index contributed by atoms with van der Waals surface area (Å²) in [6, 6.07) is 0.216. The molecule has 2 rings (SSSR count). The molecular formula is C13H22N4O2. The van der Waals surface area contributed by atoms with E-state index in [0.717, 1.165) is 12.0 Å². The molecular weight excluding hydrogens is 244 g/mol. The Hall–Kier alpha value is -1.56. The maximum atomic E-state index is 12.0. The van der Waals surface area contributed by atoms with E-state index in [1.807, 2.05) is 31.6 Å². The van der Waals surface area contributed by atoms with Crippen LogP contribution in [0, 0.1) is 0 Å². The van der Waals surface area contributed by atoms with Crippen molar-refractivity contribution >= 4 is 6.09 Å². The number of carbonyl (C=O) groups is 1. The summed E-state index contributed by atoms with van der Waals surface area (Å²) >= 11 is 0. The highest BCUT2D eigenvalue weighted by Crippen LogP contribution is 2.23. The Bertz CT molecular complexity index is 450. The predicted molar refractivity (Wildman–Crippen MR) is 71.6 cm³/mol. The number of amides is 1. The fourth-order valence-electron chi connectivity index (χ4n) is 2.13. The second kappa shape index (κ2) is 5.21. The van der Waals surface area contributed by atoms with Crippen LogP contribution in [-0.2, 0) is 11.3 Å². The monoisotopic (exact) mass is 266 g/mol. The van der Waals surface area contributed by atoms with Gasteiger partial charge >= 0.3 is 6.09 Å². The number of aromatic nitrogens is 2. The van der Waals surface area contributed by atoms with E-state index in [2.05, 4.69) is 5.10 Å². The standard InChI is InChI=1S/C13H22N4O2/c1-13(2,3)19-12(18)16-5-4-11(9-16)17-8-10(6-14)7-15-17/h7-8,11H,4-6,9,14H2,1-3H3. The normalized spacial score (nSPS) is 19.8. The van der Waals surface area contributed by atoms with Crippen molar-refractivity contribution in [1.29, 1.82) is 0 Å². The predicted octanol–water partition coefficient (Wildman–Crippen LogP) is 1.52. The molecule has 1 saturated heterocycles. The first kappa shape index (κ1) is 13.9. The molecule has 1 atom stereocenters. The first-order valence-electron chi connectivity index (χ1n) is 6.60. The first-order chi connectivity index (χ1) is 8.89. The number of nitrogens with two attached hydrogens (primary N) is 1. The maximum absolute atomic E-state index is 12.0. The third-order valence-electron chi connectivity index (χ3n) is 3.08. The quantitative estimate of drug-likeness (QED) is 0.881. The average molecular weight is 266 g/mol. The molecule has 1 aromatic rings. The number of nitrogens with zero attached hydrogens (tertiary/aromatic N) is 3. The van der Waals surface area contributed by atoms with Crippen molar-refractivity contribution in [2.45, 2.75) is 45.4 Å². The van der Waals surface area contributed by atoms with Gasteiger partial charge in [0.2, 0.25) is 0 Å².